The zero-order valence-corrected chi connectivity index (χ0v) is 24.8. The second-order valence-corrected chi connectivity index (χ2v) is 13.9. The summed E-state index contributed by atoms with van der Waals surface area (Å²) >= 11 is 0. The quantitative estimate of drug-likeness (QED) is 0.354. The minimum Gasteiger partial charge on any atom is -0.0776 e. The molecule has 0 heteroatoms. The van der Waals surface area contributed by atoms with Gasteiger partial charge in [0.25, 0.3) is 0 Å². The standard InChI is InChI=1S/3C11H22.CH4/c3*1-9(2)11-6-4-5-10(3)7-8-11;/h3*9-11H,4-8H2,1-3H3;1H4/t10-,11+;2*10-,11-;/m010./s1. The third-order valence-electron chi connectivity index (χ3n) is 9.73. The molecule has 3 fully saturated rings. The smallest absolute Gasteiger partial charge is 0.0391 e. The lowest BCUT2D eigenvalue weighted by Crippen LogP contribution is -2.06. The molecule has 3 saturated carbocycles. The van der Waals surface area contributed by atoms with E-state index in [4.69, 9.17) is 0 Å². The minimum atomic E-state index is 0. The van der Waals surface area contributed by atoms with Crippen LogP contribution in [-0.2, 0) is 0 Å². The van der Waals surface area contributed by atoms with Crippen molar-refractivity contribution in [2.45, 2.75) is 166 Å². The molecule has 0 aliphatic heterocycles. The Kier molecular flexibility index (Phi) is 19.2. The van der Waals surface area contributed by atoms with Crippen LogP contribution >= 0.6 is 0 Å². The molecule has 0 amide bonds. The Morgan fingerprint density at radius 1 is 0.353 bits per heavy atom. The van der Waals surface area contributed by atoms with Crippen molar-refractivity contribution in [3.63, 3.8) is 0 Å². The molecular weight excluding hydrogens is 408 g/mol. The Labute approximate surface area is 219 Å². The lowest BCUT2D eigenvalue weighted by Gasteiger charge is -2.17. The molecule has 0 heterocycles. The van der Waals surface area contributed by atoms with E-state index in [1.807, 2.05) is 0 Å². The molecule has 0 spiro atoms. The van der Waals surface area contributed by atoms with Gasteiger partial charge in [0.15, 0.2) is 0 Å². The van der Waals surface area contributed by atoms with Crippen molar-refractivity contribution in [1.29, 1.82) is 0 Å². The van der Waals surface area contributed by atoms with Crippen molar-refractivity contribution in [2.75, 3.05) is 0 Å². The SMILES string of the molecule is C.CC(C)[C@@H]1CCC[C@@H](C)CC1.CC(C)[C@@H]1CCC[C@H](C)CC1.CC(C)[C@H]1CCC[C@H](C)CC1. The molecule has 206 valence electrons. The first kappa shape index (κ1) is 34.0. The van der Waals surface area contributed by atoms with Gasteiger partial charge >= 0.3 is 0 Å². The first-order chi connectivity index (χ1) is 15.6. The highest BCUT2D eigenvalue weighted by atomic mass is 14.3. The van der Waals surface area contributed by atoms with Gasteiger partial charge in [-0.05, 0) is 72.5 Å². The summed E-state index contributed by atoms with van der Waals surface area (Å²) < 4.78 is 0. The highest BCUT2D eigenvalue weighted by Gasteiger charge is 2.20. The van der Waals surface area contributed by atoms with E-state index in [0.29, 0.717) is 0 Å². The average Bonchev–Trinajstić information content (AvgIpc) is 3.20. The summed E-state index contributed by atoms with van der Waals surface area (Å²) in [5.41, 5.74) is 0. The maximum Gasteiger partial charge on any atom is -0.0391 e. The molecule has 0 nitrogen and oxygen atoms in total. The van der Waals surface area contributed by atoms with Gasteiger partial charge in [0.1, 0.15) is 0 Å². The number of hydrogen-bond donors (Lipinski definition) is 0. The average molecular weight is 479 g/mol. The van der Waals surface area contributed by atoms with Gasteiger partial charge in [-0.25, -0.2) is 0 Å². The predicted molar refractivity (Wildman–Crippen MR) is 158 cm³/mol. The Bertz CT molecular complexity index is 380. The van der Waals surface area contributed by atoms with Crippen LogP contribution < -0.4 is 0 Å². The molecule has 34 heavy (non-hydrogen) atoms. The van der Waals surface area contributed by atoms with E-state index in [2.05, 4.69) is 62.3 Å². The van der Waals surface area contributed by atoms with E-state index in [1.165, 1.54) is 96.3 Å². The van der Waals surface area contributed by atoms with Crippen LogP contribution in [-0.4, -0.2) is 0 Å². The molecule has 0 bridgehead atoms. The molecule has 0 unspecified atom stereocenters. The summed E-state index contributed by atoms with van der Waals surface area (Å²) in [6.07, 6.45) is 22.2. The normalized spacial score (nSPS) is 32.8. The molecule has 3 rings (SSSR count). The van der Waals surface area contributed by atoms with Crippen LogP contribution in [0.2, 0.25) is 0 Å². The number of rotatable bonds is 3. The molecule has 6 atom stereocenters. The molecular formula is C34H70. The molecule has 0 saturated heterocycles. The summed E-state index contributed by atoms with van der Waals surface area (Å²) in [4.78, 5) is 0. The molecule has 0 aromatic rings. The second-order valence-electron chi connectivity index (χ2n) is 13.9. The van der Waals surface area contributed by atoms with E-state index in [-0.39, 0.29) is 7.43 Å². The predicted octanol–water partition coefficient (Wildman–Crippen LogP) is 12.2. The third-order valence-corrected chi connectivity index (χ3v) is 9.73. The minimum absolute atomic E-state index is 0. The molecule has 0 radical (unpaired) electrons. The van der Waals surface area contributed by atoms with Crippen LogP contribution in [0.1, 0.15) is 166 Å². The van der Waals surface area contributed by atoms with E-state index in [9.17, 15) is 0 Å². The van der Waals surface area contributed by atoms with E-state index >= 15 is 0 Å². The van der Waals surface area contributed by atoms with Gasteiger partial charge in [0.2, 0.25) is 0 Å². The fourth-order valence-electron chi connectivity index (χ4n) is 6.55. The Morgan fingerprint density at radius 2 is 0.588 bits per heavy atom. The van der Waals surface area contributed by atoms with Gasteiger partial charge in [0.05, 0.1) is 0 Å². The van der Waals surface area contributed by atoms with Crippen molar-refractivity contribution >= 4 is 0 Å². The molecule has 0 N–H and O–H groups in total. The second kappa shape index (κ2) is 19.2. The fraction of sp³-hybridized carbons (Fsp3) is 1.00. The lowest BCUT2D eigenvalue weighted by atomic mass is 9.89. The highest BCUT2D eigenvalue weighted by molar-refractivity contribution is 4.72. The summed E-state index contributed by atoms with van der Waals surface area (Å²) in [6.45, 7) is 21.5. The third kappa shape index (κ3) is 15.2. The molecule has 3 aliphatic carbocycles. The van der Waals surface area contributed by atoms with Gasteiger partial charge in [-0.3, -0.25) is 0 Å². The first-order valence-electron chi connectivity index (χ1n) is 15.6. The fourth-order valence-corrected chi connectivity index (χ4v) is 6.55. The van der Waals surface area contributed by atoms with Crippen molar-refractivity contribution < 1.29 is 0 Å². The van der Waals surface area contributed by atoms with Crippen LogP contribution in [0.3, 0.4) is 0 Å². The monoisotopic (exact) mass is 479 g/mol. The van der Waals surface area contributed by atoms with Gasteiger partial charge in [-0.15, -0.1) is 0 Å². The van der Waals surface area contributed by atoms with E-state index in [0.717, 1.165) is 53.3 Å². The maximum atomic E-state index is 2.41. The van der Waals surface area contributed by atoms with E-state index in [1.54, 1.807) is 0 Å². The van der Waals surface area contributed by atoms with Gasteiger partial charge in [-0.1, -0.05) is 147 Å². The Balaban J connectivity index is 0.000000473. The zero-order chi connectivity index (χ0) is 24.8. The van der Waals surface area contributed by atoms with Crippen molar-refractivity contribution in [1.82, 2.24) is 0 Å². The van der Waals surface area contributed by atoms with E-state index < -0.39 is 0 Å². The lowest BCUT2D eigenvalue weighted by molar-refractivity contribution is 0.338. The summed E-state index contributed by atoms with van der Waals surface area (Å²) in [5.74, 6) is 8.83. The zero-order valence-electron chi connectivity index (χ0n) is 24.8. The van der Waals surface area contributed by atoms with Gasteiger partial charge < -0.3 is 0 Å². The number of hydrogen-bond acceptors (Lipinski definition) is 0. The van der Waals surface area contributed by atoms with Crippen LogP contribution in [0.15, 0.2) is 0 Å². The van der Waals surface area contributed by atoms with Crippen molar-refractivity contribution in [2.24, 2.45) is 53.3 Å². The largest absolute Gasteiger partial charge is 0.0776 e. The first-order valence-corrected chi connectivity index (χ1v) is 15.6. The molecule has 0 aromatic heterocycles. The Morgan fingerprint density at radius 3 is 0.794 bits per heavy atom. The van der Waals surface area contributed by atoms with Gasteiger partial charge in [-0.2, -0.15) is 0 Å². The Hall–Kier alpha value is 0. The summed E-state index contributed by atoms with van der Waals surface area (Å²) in [7, 11) is 0. The highest BCUT2D eigenvalue weighted by Crippen LogP contribution is 2.33. The van der Waals surface area contributed by atoms with Crippen molar-refractivity contribution in [3.05, 3.63) is 0 Å². The van der Waals surface area contributed by atoms with Gasteiger partial charge in [0, 0.05) is 0 Å². The topological polar surface area (TPSA) is 0 Å². The summed E-state index contributed by atoms with van der Waals surface area (Å²) in [5, 5.41) is 0. The van der Waals surface area contributed by atoms with Crippen LogP contribution in [0, 0.1) is 53.3 Å². The summed E-state index contributed by atoms with van der Waals surface area (Å²) in [6, 6.07) is 0. The molecule has 3 aliphatic rings. The van der Waals surface area contributed by atoms with Crippen LogP contribution in [0.4, 0.5) is 0 Å². The van der Waals surface area contributed by atoms with Crippen LogP contribution in [0.25, 0.3) is 0 Å². The van der Waals surface area contributed by atoms with Crippen molar-refractivity contribution in [3.8, 4) is 0 Å². The maximum absolute atomic E-state index is 2.41. The van der Waals surface area contributed by atoms with Crippen LogP contribution in [0.5, 0.6) is 0 Å². The molecule has 0 aromatic carbocycles.